The molecule has 0 spiro atoms. The number of nitrogens with one attached hydrogen (secondary N) is 1. The third-order valence-electron chi connectivity index (χ3n) is 2.49. The number of hydrogen-bond acceptors (Lipinski definition) is 4. The molecule has 0 atom stereocenters. The summed E-state index contributed by atoms with van der Waals surface area (Å²) in [5.41, 5.74) is -0.757. The molecule has 0 saturated heterocycles. The van der Waals surface area contributed by atoms with E-state index >= 15 is 0 Å². The Hall–Kier alpha value is -2.51. The highest BCUT2D eigenvalue weighted by atomic mass is 19.1. The van der Waals surface area contributed by atoms with E-state index in [0.717, 1.165) is 23.1 Å². The van der Waals surface area contributed by atoms with Crippen LogP contribution in [0.5, 0.6) is 0 Å². The molecule has 1 aromatic carbocycles. The molecule has 0 saturated carbocycles. The zero-order chi connectivity index (χ0) is 15.3. The van der Waals surface area contributed by atoms with E-state index in [-0.39, 0.29) is 18.0 Å². The van der Waals surface area contributed by atoms with Crippen molar-refractivity contribution in [3.8, 4) is 0 Å². The van der Waals surface area contributed by atoms with E-state index in [2.05, 4.69) is 5.32 Å². The molecule has 1 N–H and O–H groups in total. The fraction of sp³-hybridized carbons (Fsp3) is 0.333. The SMILES string of the molecule is CCNC(=O)CN(C)C(=O)c1ccc([N+](=O)[O-])c(F)c1. The second kappa shape index (κ2) is 6.60. The van der Waals surface area contributed by atoms with Crippen LogP contribution in [0.3, 0.4) is 0 Å². The normalized spacial score (nSPS) is 9.95. The van der Waals surface area contributed by atoms with Crippen LogP contribution in [0, 0.1) is 15.9 Å². The van der Waals surface area contributed by atoms with Gasteiger partial charge >= 0.3 is 5.69 Å². The molecule has 7 nitrogen and oxygen atoms in total. The van der Waals surface area contributed by atoms with Crippen molar-refractivity contribution in [1.29, 1.82) is 0 Å². The van der Waals surface area contributed by atoms with E-state index < -0.39 is 22.3 Å². The highest BCUT2D eigenvalue weighted by molar-refractivity contribution is 5.96. The van der Waals surface area contributed by atoms with Crippen molar-refractivity contribution >= 4 is 17.5 Å². The fourth-order valence-electron chi connectivity index (χ4n) is 1.55. The summed E-state index contributed by atoms with van der Waals surface area (Å²) in [6.45, 7) is 2.00. The molecule has 0 aliphatic carbocycles. The van der Waals surface area contributed by atoms with Crippen LogP contribution >= 0.6 is 0 Å². The highest BCUT2D eigenvalue weighted by Crippen LogP contribution is 2.18. The maximum absolute atomic E-state index is 13.4. The van der Waals surface area contributed by atoms with Gasteiger partial charge < -0.3 is 10.2 Å². The first-order valence-corrected chi connectivity index (χ1v) is 5.83. The Bertz CT molecular complexity index is 548. The molecule has 1 aromatic rings. The first kappa shape index (κ1) is 15.5. The Morgan fingerprint density at radius 1 is 1.45 bits per heavy atom. The number of carbonyl (C=O) groups is 2. The topological polar surface area (TPSA) is 92.6 Å². The lowest BCUT2D eigenvalue weighted by Gasteiger charge is -2.16. The molecule has 2 amide bonds. The molecule has 0 aliphatic heterocycles. The Morgan fingerprint density at radius 3 is 2.60 bits per heavy atom. The molecule has 0 radical (unpaired) electrons. The zero-order valence-corrected chi connectivity index (χ0v) is 11.1. The Kier molecular flexibility index (Phi) is 5.13. The summed E-state index contributed by atoms with van der Waals surface area (Å²) >= 11 is 0. The van der Waals surface area contributed by atoms with Crippen LogP contribution in [0.25, 0.3) is 0 Å². The molecule has 0 bridgehead atoms. The van der Waals surface area contributed by atoms with Gasteiger partial charge in [0.05, 0.1) is 11.5 Å². The quantitative estimate of drug-likeness (QED) is 0.643. The minimum absolute atomic E-state index is 0.0556. The fourth-order valence-corrected chi connectivity index (χ4v) is 1.55. The number of hydrogen-bond donors (Lipinski definition) is 1. The predicted octanol–water partition coefficient (Wildman–Crippen LogP) is 0.942. The van der Waals surface area contributed by atoms with E-state index in [1.54, 1.807) is 6.92 Å². The summed E-state index contributed by atoms with van der Waals surface area (Å²) < 4.78 is 13.4. The van der Waals surface area contributed by atoms with Gasteiger partial charge in [-0.3, -0.25) is 19.7 Å². The molecule has 0 aromatic heterocycles. The van der Waals surface area contributed by atoms with Gasteiger partial charge in [-0.05, 0) is 19.1 Å². The second-order valence-electron chi connectivity index (χ2n) is 4.04. The Labute approximate surface area is 114 Å². The van der Waals surface area contributed by atoms with E-state index in [1.807, 2.05) is 0 Å². The van der Waals surface area contributed by atoms with E-state index in [1.165, 1.54) is 7.05 Å². The summed E-state index contributed by atoms with van der Waals surface area (Å²) in [5.74, 6) is -2.02. The number of carbonyl (C=O) groups excluding carboxylic acids is 2. The van der Waals surface area contributed by atoms with Crippen LogP contribution in [0.15, 0.2) is 18.2 Å². The van der Waals surface area contributed by atoms with Crippen LogP contribution in [0.1, 0.15) is 17.3 Å². The predicted molar refractivity (Wildman–Crippen MR) is 68.7 cm³/mol. The number of likely N-dealkylation sites (N-methyl/N-ethyl adjacent to an activating group) is 2. The van der Waals surface area contributed by atoms with Gasteiger partial charge in [0.25, 0.3) is 5.91 Å². The van der Waals surface area contributed by atoms with Gasteiger partial charge in [-0.1, -0.05) is 0 Å². The van der Waals surface area contributed by atoms with Crippen molar-refractivity contribution in [2.75, 3.05) is 20.1 Å². The standard InChI is InChI=1S/C12H14FN3O4/c1-3-14-11(17)7-15(2)12(18)8-4-5-10(16(19)20)9(13)6-8/h4-6H,3,7H2,1-2H3,(H,14,17). The van der Waals surface area contributed by atoms with Gasteiger partial charge in [0.2, 0.25) is 11.7 Å². The maximum atomic E-state index is 13.4. The minimum Gasteiger partial charge on any atom is -0.355 e. The summed E-state index contributed by atoms with van der Waals surface area (Å²) in [7, 11) is 1.39. The number of halogens is 1. The molecule has 20 heavy (non-hydrogen) atoms. The number of amides is 2. The summed E-state index contributed by atoms with van der Waals surface area (Å²) in [5, 5.41) is 13.0. The van der Waals surface area contributed by atoms with Gasteiger partial charge in [0.1, 0.15) is 0 Å². The van der Waals surface area contributed by atoms with Crippen LogP contribution in [-0.2, 0) is 4.79 Å². The Morgan fingerprint density at radius 2 is 2.10 bits per heavy atom. The van der Waals surface area contributed by atoms with Gasteiger partial charge in [0, 0.05) is 25.2 Å². The first-order chi connectivity index (χ1) is 9.36. The first-order valence-electron chi connectivity index (χ1n) is 5.83. The zero-order valence-electron chi connectivity index (χ0n) is 11.1. The number of nitro benzene ring substituents is 1. The third kappa shape index (κ3) is 3.74. The van der Waals surface area contributed by atoms with Gasteiger partial charge in [-0.25, -0.2) is 0 Å². The average Bonchev–Trinajstić information content (AvgIpc) is 2.37. The maximum Gasteiger partial charge on any atom is 0.304 e. The molecule has 0 unspecified atom stereocenters. The lowest BCUT2D eigenvalue weighted by atomic mass is 10.1. The number of nitrogens with zero attached hydrogens (tertiary/aromatic N) is 2. The van der Waals surface area contributed by atoms with Crippen LogP contribution in [0.4, 0.5) is 10.1 Å². The van der Waals surface area contributed by atoms with E-state index in [0.29, 0.717) is 6.54 Å². The lowest BCUT2D eigenvalue weighted by molar-refractivity contribution is -0.387. The molecular formula is C12H14FN3O4. The van der Waals surface area contributed by atoms with Crippen LogP contribution in [0.2, 0.25) is 0 Å². The smallest absolute Gasteiger partial charge is 0.304 e. The molecule has 8 heteroatoms. The molecule has 0 aliphatic rings. The van der Waals surface area contributed by atoms with Crippen molar-refractivity contribution < 1.29 is 18.9 Å². The molecule has 1 rings (SSSR count). The minimum atomic E-state index is -1.09. The highest BCUT2D eigenvalue weighted by Gasteiger charge is 2.19. The van der Waals surface area contributed by atoms with Crippen molar-refractivity contribution in [2.24, 2.45) is 0 Å². The summed E-state index contributed by atoms with van der Waals surface area (Å²) in [4.78, 5) is 34.0. The monoisotopic (exact) mass is 283 g/mol. The number of benzene rings is 1. The van der Waals surface area contributed by atoms with Gasteiger partial charge in [-0.2, -0.15) is 4.39 Å². The number of nitro groups is 1. The molecular weight excluding hydrogens is 269 g/mol. The van der Waals surface area contributed by atoms with Crippen molar-refractivity contribution in [2.45, 2.75) is 6.92 Å². The van der Waals surface area contributed by atoms with Crippen LogP contribution in [-0.4, -0.2) is 41.8 Å². The third-order valence-corrected chi connectivity index (χ3v) is 2.49. The lowest BCUT2D eigenvalue weighted by Crippen LogP contribution is -2.38. The van der Waals surface area contributed by atoms with Gasteiger partial charge in [-0.15, -0.1) is 0 Å². The van der Waals surface area contributed by atoms with Crippen LogP contribution < -0.4 is 5.32 Å². The van der Waals surface area contributed by atoms with E-state index in [4.69, 9.17) is 0 Å². The molecule has 0 fully saturated rings. The Balaban J connectivity index is 2.84. The van der Waals surface area contributed by atoms with E-state index in [9.17, 15) is 24.1 Å². The van der Waals surface area contributed by atoms with Crippen molar-refractivity contribution in [3.05, 3.63) is 39.7 Å². The van der Waals surface area contributed by atoms with Crippen molar-refractivity contribution in [3.63, 3.8) is 0 Å². The summed E-state index contributed by atoms with van der Waals surface area (Å²) in [6.07, 6.45) is 0. The second-order valence-corrected chi connectivity index (χ2v) is 4.04. The number of rotatable bonds is 5. The summed E-state index contributed by atoms with van der Waals surface area (Å²) in [6, 6.07) is 2.86. The molecule has 108 valence electrons. The molecule has 0 heterocycles. The van der Waals surface area contributed by atoms with Crippen molar-refractivity contribution in [1.82, 2.24) is 10.2 Å². The van der Waals surface area contributed by atoms with Gasteiger partial charge in [0.15, 0.2) is 0 Å². The average molecular weight is 283 g/mol. The largest absolute Gasteiger partial charge is 0.355 e.